The van der Waals surface area contributed by atoms with E-state index in [-0.39, 0.29) is 4.90 Å². The average Bonchev–Trinajstić information content (AvgIpc) is 2.95. The summed E-state index contributed by atoms with van der Waals surface area (Å²) in [5.41, 5.74) is 5.56. The van der Waals surface area contributed by atoms with Crippen molar-refractivity contribution in [1.29, 1.82) is 0 Å². The SMILES string of the molecule is Cc1cc(-c2ccccc2)cc(C)[n+]1-c1cccc(S(=O)(=O)Nc2ccc3c(c2)Sc2ccccc2O3)c1.[O-][Cl+3]([O-])([O-])[O-]. The van der Waals surface area contributed by atoms with Gasteiger partial charge < -0.3 is 4.74 Å². The van der Waals surface area contributed by atoms with Gasteiger partial charge in [-0.3, -0.25) is 4.72 Å². The highest BCUT2D eigenvalue weighted by Crippen LogP contribution is 2.47. The van der Waals surface area contributed by atoms with Gasteiger partial charge in [0.25, 0.3) is 10.0 Å². The van der Waals surface area contributed by atoms with Gasteiger partial charge in [0.15, 0.2) is 11.4 Å². The van der Waals surface area contributed by atoms with Crippen LogP contribution < -0.4 is 32.7 Å². The van der Waals surface area contributed by atoms with E-state index in [2.05, 4.69) is 33.6 Å². The number of hydrogen-bond donors (Lipinski definition) is 1. The molecule has 1 aliphatic rings. The van der Waals surface area contributed by atoms with Crippen LogP contribution in [-0.4, -0.2) is 8.42 Å². The zero-order valence-corrected chi connectivity index (χ0v) is 25.3. The summed E-state index contributed by atoms with van der Waals surface area (Å²) in [5.74, 6) is 1.51. The van der Waals surface area contributed by atoms with Crippen molar-refractivity contribution < 1.29 is 46.6 Å². The van der Waals surface area contributed by atoms with Crippen LogP contribution in [0.4, 0.5) is 5.69 Å². The van der Waals surface area contributed by atoms with Gasteiger partial charge in [0.2, 0.25) is 5.69 Å². The van der Waals surface area contributed by atoms with E-state index in [9.17, 15) is 8.42 Å². The Balaban J connectivity index is 0.000000682. The molecule has 43 heavy (non-hydrogen) atoms. The molecule has 12 heteroatoms. The zero-order valence-electron chi connectivity index (χ0n) is 22.9. The molecule has 9 nitrogen and oxygen atoms in total. The zero-order chi connectivity index (χ0) is 30.8. The second kappa shape index (κ2) is 12.3. The van der Waals surface area contributed by atoms with Crippen molar-refractivity contribution >= 4 is 27.5 Å². The fraction of sp³-hybridized carbons (Fsp3) is 0.0645. The first kappa shape index (κ1) is 30.5. The Morgan fingerprint density at radius 3 is 2.02 bits per heavy atom. The Morgan fingerprint density at radius 2 is 1.33 bits per heavy atom. The highest BCUT2D eigenvalue weighted by Gasteiger charge is 2.23. The molecule has 0 amide bonds. The van der Waals surface area contributed by atoms with Gasteiger partial charge in [0.1, 0.15) is 11.5 Å². The van der Waals surface area contributed by atoms with Crippen molar-refractivity contribution in [3.8, 4) is 28.3 Å². The van der Waals surface area contributed by atoms with Crippen LogP contribution in [-0.2, 0) is 10.0 Å². The van der Waals surface area contributed by atoms with Crippen LogP contribution >= 0.6 is 11.8 Å². The molecular formula is C31H25ClN2O7S2. The van der Waals surface area contributed by atoms with Crippen molar-refractivity contribution in [1.82, 2.24) is 0 Å². The Hall–Kier alpha value is -3.94. The smallest absolute Gasteiger partial charge is 0.262 e. The first-order chi connectivity index (χ1) is 20.4. The third-order valence-corrected chi connectivity index (χ3v) is 8.89. The van der Waals surface area contributed by atoms with E-state index >= 15 is 0 Å². The summed E-state index contributed by atoms with van der Waals surface area (Å²) < 4.78 is 71.6. The number of aryl methyl sites for hydroxylation is 2. The number of anilines is 1. The molecule has 0 unspecified atom stereocenters. The lowest BCUT2D eigenvalue weighted by Crippen LogP contribution is -2.68. The van der Waals surface area contributed by atoms with Gasteiger partial charge in [-0.1, -0.05) is 60.3 Å². The molecule has 1 N–H and O–H groups in total. The second-order valence-corrected chi connectivity index (χ2v) is 13.0. The summed E-state index contributed by atoms with van der Waals surface area (Å²) in [6, 6.07) is 34.6. The molecule has 0 saturated carbocycles. The lowest BCUT2D eigenvalue weighted by molar-refractivity contribution is -2.00. The number of fused-ring (bicyclic) bond motifs is 2. The fourth-order valence-corrected chi connectivity index (χ4v) is 6.78. The third-order valence-electron chi connectivity index (χ3n) is 6.41. The predicted octanol–water partition coefficient (Wildman–Crippen LogP) is 2.55. The number of pyridine rings is 1. The predicted molar refractivity (Wildman–Crippen MR) is 151 cm³/mol. The number of halogens is 1. The van der Waals surface area contributed by atoms with E-state index in [0.29, 0.717) is 11.4 Å². The molecule has 6 rings (SSSR count). The number of hydrogen-bond acceptors (Lipinski definition) is 8. The number of nitrogens with one attached hydrogen (secondary N) is 1. The van der Waals surface area contributed by atoms with Crippen LogP contribution in [0.15, 0.2) is 124 Å². The summed E-state index contributed by atoms with van der Waals surface area (Å²) in [4.78, 5) is 2.05. The Kier molecular flexibility index (Phi) is 8.76. The highest BCUT2D eigenvalue weighted by atomic mass is 35.7. The highest BCUT2D eigenvalue weighted by molar-refractivity contribution is 7.99. The number of sulfonamides is 1. The number of para-hydroxylation sites is 1. The topological polar surface area (TPSA) is 152 Å². The molecule has 0 atom stereocenters. The molecule has 0 fully saturated rings. The number of nitrogens with zero attached hydrogens (tertiary/aromatic N) is 1. The summed E-state index contributed by atoms with van der Waals surface area (Å²) in [5, 5.41) is 0. The average molecular weight is 637 g/mol. The summed E-state index contributed by atoms with van der Waals surface area (Å²) >= 11 is 1.56. The van der Waals surface area contributed by atoms with Crippen LogP contribution in [0, 0.1) is 24.1 Å². The van der Waals surface area contributed by atoms with Gasteiger partial charge in [-0.2, -0.15) is 4.57 Å². The first-order valence-electron chi connectivity index (χ1n) is 12.8. The molecule has 0 bridgehead atoms. The molecule has 5 aromatic rings. The molecule has 220 valence electrons. The molecular weight excluding hydrogens is 612 g/mol. The van der Waals surface area contributed by atoms with Gasteiger partial charge in [-0.15, -0.1) is 10.2 Å². The second-order valence-electron chi connectivity index (χ2n) is 9.52. The minimum atomic E-state index is -4.94. The van der Waals surface area contributed by atoms with Crippen molar-refractivity contribution in [3.05, 3.63) is 121 Å². The quantitative estimate of drug-likeness (QED) is 0.284. The van der Waals surface area contributed by atoms with Crippen molar-refractivity contribution in [2.24, 2.45) is 0 Å². The molecule has 0 saturated heterocycles. The summed E-state index contributed by atoms with van der Waals surface area (Å²) in [6.07, 6.45) is 0. The number of ether oxygens (including phenoxy) is 1. The van der Waals surface area contributed by atoms with Crippen molar-refractivity contribution in [2.45, 2.75) is 28.5 Å². The first-order valence-corrected chi connectivity index (χ1v) is 16.3. The van der Waals surface area contributed by atoms with Gasteiger partial charge in [0.05, 0.1) is 20.4 Å². The van der Waals surface area contributed by atoms with Crippen LogP contribution in [0.1, 0.15) is 11.4 Å². The third kappa shape index (κ3) is 7.53. The van der Waals surface area contributed by atoms with E-state index in [1.54, 1.807) is 42.1 Å². The van der Waals surface area contributed by atoms with E-state index in [1.807, 2.05) is 68.4 Å². The molecule has 0 aliphatic carbocycles. The van der Waals surface area contributed by atoms with Crippen molar-refractivity contribution in [2.75, 3.05) is 4.72 Å². The largest absolute Gasteiger partial charge is 0.455 e. The van der Waals surface area contributed by atoms with Crippen LogP contribution in [0.5, 0.6) is 11.5 Å². The van der Waals surface area contributed by atoms with Crippen LogP contribution in [0.3, 0.4) is 0 Å². The van der Waals surface area contributed by atoms with Crippen molar-refractivity contribution in [3.63, 3.8) is 0 Å². The molecule has 1 aromatic heterocycles. The minimum absolute atomic E-state index is 0.195. The van der Waals surface area contributed by atoms with E-state index in [0.717, 1.165) is 43.7 Å². The van der Waals surface area contributed by atoms with E-state index in [4.69, 9.17) is 23.4 Å². The van der Waals surface area contributed by atoms with E-state index in [1.165, 1.54) is 0 Å². The van der Waals surface area contributed by atoms with Gasteiger partial charge in [-0.25, -0.2) is 27.1 Å². The monoisotopic (exact) mass is 636 g/mol. The number of benzene rings is 4. The van der Waals surface area contributed by atoms with Gasteiger partial charge in [0, 0.05) is 38.1 Å². The summed E-state index contributed by atoms with van der Waals surface area (Å²) in [6.45, 7) is 4.06. The molecule has 1 aliphatic heterocycles. The Labute approximate surface area is 255 Å². The molecule has 0 spiro atoms. The minimum Gasteiger partial charge on any atom is -0.455 e. The van der Waals surface area contributed by atoms with Crippen LogP contribution in [0.25, 0.3) is 16.8 Å². The van der Waals surface area contributed by atoms with Gasteiger partial charge in [-0.05, 0) is 47.5 Å². The lowest BCUT2D eigenvalue weighted by atomic mass is 10.0. The molecule has 2 heterocycles. The normalized spacial score (nSPS) is 12.2. The molecule has 0 radical (unpaired) electrons. The Bertz CT molecular complexity index is 1870. The molecule has 4 aromatic carbocycles. The maximum Gasteiger partial charge on any atom is 0.262 e. The Morgan fingerprint density at radius 1 is 0.698 bits per heavy atom. The number of rotatable bonds is 5. The lowest BCUT2D eigenvalue weighted by Gasteiger charge is -2.20. The van der Waals surface area contributed by atoms with Crippen LogP contribution in [0.2, 0.25) is 0 Å². The van der Waals surface area contributed by atoms with Gasteiger partial charge >= 0.3 is 0 Å². The number of aromatic nitrogens is 1. The van der Waals surface area contributed by atoms with E-state index < -0.39 is 20.3 Å². The maximum absolute atomic E-state index is 13.4. The standard InChI is InChI=1S/C31H25N2O3S2.ClHO4/c1-21-17-24(23-9-4-3-5-10-23)18-22(2)33(21)26-11-8-12-27(20-26)38(34,35)32-25-15-16-29-31(19-25)37-30-14-7-6-13-28(30)36-29;2-1(3,4)5/h3-20,32H,1-2H3;(H,2,3,4,5)/q+1;/p-1. The summed E-state index contributed by atoms with van der Waals surface area (Å²) in [7, 11) is -8.77. The fourth-order valence-electron chi connectivity index (χ4n) is 4.70. The maximum atomic E-state index is 13.4.